The van der Waals surface area contributed by atoms with E-state index >= 15 is 0 Å². The Morgan fingerprint density at radius 2 is 0.960 bits per heavy atom. The molecule has 1 aliphatic carbocycles. The van der Waals surface area contributed by atoms with Crippen LogP contribution in [0.2, 0.25) is 0 Å². The zero-order valence-electron chi connectivity index (χ0n) is 27.9. The van der Waals surface area contributed by atoms with Crippen LogP contribution in [0, 0.1) is 0 Å². The molecule has 1 aromatic heterocycles. The first-order valence-corrected chi connectivity index (χ1v) is 17.5. The van der Waals surface area contributed by atoms with Crippen LogP contribution < -0.4 is 0 Å². The highest BCUT2D eigenvalue weighted by Crippen LogP contribution is 2.53. The number of para-hydroxylation sites is 1. The summed E-state index contributed by atoms with van der Waals surface area (Å²) in [4.78, 5) is 0. The third-order valence-electron chi connectivity index (χ3n) is 11.4. The third-order valence-corrected chi connectivity index (χ3v) is 11.4. The topological polar surface area (TPSA) is 13.1 Å². The van der Waals surface area contributed by atoms with E-state index in [4.69, 9.17) is 4.42 Å². The van der Waals surface area contributed by atoms with Gasteiger partial charge in [0.1, 0.15) is 11.2 Å². The number of furan rings is 1. The zero-order chi connectivity index (χ0) is 33.1. The van der Waals surface area contributed by atoms with E-state index in [9.17, 15) is 0 Å². The van der Waals surface area contributed by atoms with Gasteiger partial charge in [-0.05, 0) is 112 Å². The summed E-state index contributed by atoms with van der Waals surface area (Å²) >= 11 is 0. The van der Waals surface area contributed by atoms with Crippen LogP contribution in [0.15, 0.2) is 162 Å². The lowest BCUT2D eigenvalue weighted by Gasteiger charge is -2.23. The molecule has 0 unspecified atom stereocenters. The number of fused-ring (bicyclic) bond motifs is 12. The first-order valence-electron chi connectivity index (χ1n) is 17.5. The molecule has 1 nitrogen and oxygen atoms in total. The number of hydrogen-bond donors (Lipinski definition) is 0. The summed E-state index contributed by atoms with van der Waals surface area (Å²) in [6.45, 7) is 4.77. The highest BCUT2D eigenvalue weighted by molar-refractivity contribution is 6.23. The van der Waals surface area contributed by atoms with Crippen molar-refractivity contribution >= 4 is 65.0 Å². The van der Waals surface area contributed by atoms with Crippen molar-refractivity contribution in [2.24, 2.45) is 0 Å². The van der Waals surface area contributed by atoms with Gasteiger partial charge in [0.15, 0.2) is 0 Å². The molecule has 0 fully saturated rings. The zero-order valence-corrected chi connectivity index (χ0v) is 27.9. The molecule has 0 amide bonds. The second-order valence-corrected chi connectivity index (χ2v) is 14.4. The third kappa shape index (κ3) is 3.67. The van der Waals surface area contributed by atoms with Crippen LogP contribution in [-0.2, 0) is 5.41 Å². The Kier molecular flexibility index (Phi) is 5.51. The lowest BCUT2D eigenvalue weighted by Crippen LogP contribution is -2.15. The van der Waals surface area contributed by atoms with Gasteiger partial charge in [0.2, 0.25) is 0 Å². The summed E-state index contributed by atoms with van der Waals surface area (Å²) in [5, 5.41) is 12.5. The molecular weight excluding hydrogens is 605 g/mol. The fourth-order valence-electron chi connectivity index (χ4n) is 9.12. The minimum Gasteiger partial charge on any atom is -0.456 e. The van der Waals surface area contributed by atoms with Crippen molar-refractivity contribution < 1.29 is 4.42 Å². The molecule has 11 rings (SSSR count). The molecule has 0 bridgehead atoms. The molecule has 0 saturated heterocycles. The summed E-state index contributed by atoms with van der Waals surface area (Å²) in [6, 6.07) is 58.2. The number of rotatable bonds is 2. The Morgan fingerprint density at radius 3 is 1.68 bits per heavy atom. The Balaban J connectivity index is 1.16. The van der Waals surface area contributed by atoms with Gasteiger partial charge in [-0.2, -0.15) is 0 Å². The van der Waals surface area contributed by atoms with Crippen LogP contribution in [0.3, 0.4) is 0 Å². The van der Waals surface area contributed by atoms with Gasteiger partial charge in [-0.25, -0.2) is 0 Å². The standard InChI is InChI=1S/C49H32O/c1-49(2)41-25-21-29-11-3-4-12-33(29)47(41)39-24-20-32(28-42(39)49)46-37-15-7-5-13-35(37)45(36-14-6-8-16-38(36)46)31-19-23-34-30(27-31)22-26-44-48(34)40-17-9-10-18-43(40)50-44/h3-28H,1-2H3. The van der Waals surface area contributed by atoms with Crippen molar-refractivity contribution in [1.29, 1.82) is 0 Å². The minimum atomic E-state index is -0.104. The van der Waals surface area contributed by atoms with Crippen molar-refractivity contribution in [3.8, 4) is 33.4 Å². The predicted molar refractivity (Wildman–Crippen MR) is 212 cm³/mol. The van der Waals surface area contributed by atoms with Crippen LogP contribution in [0.5, 0.6) is 0 Å². The van der Waals surface area contributed by atoms with Crippen molar-refractivity contribution in [1.82, 2.24) is 0 Å². The minimum absolute atomic E-state index is 0.104. The van der Waals surface area contributed by atoms with Crippen LogP contribution in [0.4, 0.5) is 0 Å². The summed E-state index contributed by atoms with van der Waals surface area (Å²) < 4.78 is 6.22. The van der Waals surface area contributed by atoms with Gasteiger partial charge >= 0.3 is 0 Å². The Hall–Kier alpha value is -6.18. The van der Waals surface area contributed by atoms with Crippen molar-refractivity contribution in [3.63, 3.8) is 0 Å². The molecule has 0 spiro atoms. The van der Waals surface area contributed by atoms with Crippen LogP contribution in [0.1, 0.15) is 25.0 Å². The maximum absolute atomic E-state index is 6.22. The molecule has 1 heteroatoms. The second-order valence-electron chi connectivity index (χ2n) is 14.4. The summed E-state index contributed by atoms with van der Waals surface area (Å²) in [7, 11) is 0. The van der Waals surface area contributed by atoms with Gasteiger partial charge in [0.05, 0.1) is 0 Å². The molecule has 50 heavy (non-hydrogen) atoms. The summed E-state index contributed by atoms with van der Waals surface area (Å²) in [6.07, 6.45) is 0. The van der Waals surface area contributed by atoms with Gasteiger partial charge < -0.3 is 4.42 Å². The maximum atomic E-state index is 6.22. The Labute approximate surface area is 290 Å². The molecule has 0 atom stereocenters. The summed E-state index contributed by atoms with van der Waals surface area (Å²) in [5.41, 5.74) is 12.4. The predicted octanol–water partition coefficient (Wildman–Crippen LogP) is 13.8. The molecule has 1 aliphatic rings. The lowest BCUT2D eigenvalue weighted by molar-refractivity contribution is 0.661. The van der Waals surface area contributed by atoms with E-state index in [1.165, 1.54) is 93.0 Å². The molecular formula is C49H32O. The summed E-state index contributed by atoms with van der Waals surface area (Å²) in [5.74, 6) is 0. The fraction of sp³-hybridized carbons (Fsp3) is 0.0612. The van der Waals surface area contributed by atoms with Crippen molar-refractivity contribution in [3.05, 3.63) is 169 Å². The average Bonchev–Trinajstić information content (AvgIpc) is 3.65. The van der Waals surface area contributed by atoms with Gasteiger partial charge in [0, 0.05) is 16.2 Å². The first-order chi connectivity index (χ1) is 24.6. The maximum Gasteiger partial charge on any atom is 0.136 e. The van der Waals surface area contributed by atoms with Crippen LogP contribution in [0.25, 0.3) is 98.4 Å². The fourth-order valence-corrected chi connectivity index (χ4v) is 9.12. The van der Waals surface area contributed by atoms with Crippen LogP contribution >= 0.6 is 0 Å². The van der Waals surface area contributed by atoms with E-state index in [1.54, 1.807) is 0 Å². The highest BCUT2D eigenvalue weighted by atomic mass is 16.3. The number of hydrogen-bond acceptors (Lipinski definition) is 1. The Morgan fingerprint density at radius 1 is 0.380 bits per heavy atom. The molecule has 0 saturated carbocycles. The second kappa shape index (κ2) is 9.94. The van der Waals surface area contributed by atoms with E-state index in [2.05, 4.69) is 166 Å². The van der Waals surface area contributed by atoms with E-state index in [1.807, 2.05) is 6.07 Å². The van der Waals surface area contributed by atoms with Gasteiger partial charge in [-0.15, -0.1) is 0 Å². The van der Waals surface area contributed by atoms with Crippen molar-refractivity contribution in [2.75, 3.05) is 0 Å². The molecule has 0 N–H and O–H groups in total. The van der Waals surface area contributed by atoms with E-state index in [-0.39, 0.29) is 5.41 Å². The van der Waals surface area contributed by atoms with Crippen LogP contribution in [-0.4, -0.2) is 0 Å². The Bertz CT molecular complexity index is 3010. The van der Waals surface area contributed by atoms with Gasteiger partial charge in [-0.3, -0.25) is 0 Å². The van der Waals surface area contributed by atoms with Gasteiger partial charge in [-0.1, -0.05) is 147 Å². The largest absolute Gasteiger partial charge is 0.456 e. The monoisotopic (exact) mass is 636 g/mol. The van der Waals surface area contributed by atoms with Gasteiger partial charge in [0.25, 0.3) is 0 Å². The normalized spacial score (nSPS) is 13.6. The molecule has 0 radical (unpaired) electrons. The molecule has 1 heterocycles. The van der Waals surface area contributed by atoms with E-state index in [0.29, 0.717) is 0 Å². The number of benzene rings is 9. The SMILES string of the molecule is CC1(C)c2cc(-c3c4ccccc4c(-c4ccc5c(ccc6oc7ccccc7c65)c4)c4ccccc34)ccc2-c2c1ccc1ccccc21. The van der Waals surface area contributed by atoms with E-state index in [0.717, 1.165) is 16.6 Å². The lowest BCUT2D eigenvalue weighted by atomic mass is 9.80. The molecule has 10 aromatic rings. The highest BCUT2D eigenvalue weighted by Gasteiger charge is 2.36. The average molecular weight is 637 g/mol. The molecule has 0 aliphatic heterocycles. The molecule has 9 aromatic carbocycles. The smallest absolute Gasteiger partial charge is 0.136 e. The quantitative estimate of drug-likeness (QED) is 0.172. The first kappa shape index (κ1) is 27.7. The molecule has 234 valence electrons. The van der Waals surface area contributed by atoms with E-state index < -0.39 is 0 Å². The van der Waals surface area contributed by atoms with Crippen molar-refractivity contribution in [2.45, 2.75) is 19.3 Å².